The van der Waals surface area contributed by atoms with E-state index in [1.807, 2.05) is 19.3 Å². The van der Waals surface area contributed by atoms with Gasteiger partial charge in [0.05, 0.1) is 10.9 Å². The summed E-state index contributed by atoms with van der Waals surface area (Å²) >= 11 is 0. The summed E-state index contributed by atoms with van der Waals surface area (Å²) < 4.78 is 25.0. The van der Waals surface area contributed by atoms with E-state index >= 15 is 0 Å². The zero-order chi connectivity index (χ0) is 13.2. The third kappa shape index (κ3) is 3.32. The lowest BCUT2D eigenvalue weighted by Gasteiger charge is -2.19. The lowest BCUT2D eigenvalue weighted by atomic mass is 10.2. The summed E-state index contributed by atoms with van der Waals surface area (Å²) in [5.41, 5.74) is 1.04. The first kappa shape index (κ1) is 13.5. The Morgan fingerprint density at radius 3 is 2.89 bits per heavy atom. The van der Waals surface area contributed by atoms with Crippen LogP contribution in [0.15, 0.2) is 12.3 Å². The molecule has 1 saturated carbocycles. The molecule has 0 saturated heterocycles. The molecule has 1 aromatic heterocycles. The van der Waals surface area contributed by atoms with E-state index < -0.39 is 9.84 Å². The second kappa shape index (κ2) is 5.40. The molecule has 6 heteroatoms. The molecule has 5 nitrogen and oxygen atoms in total. The van der Waals surface area contributed by atoms with Gasteiger partial charge in [0.15, 0.2) is 9.84 Å². The highest BCUT2D eigenvalue weighted by molar-refractivity contribution is 7.91. The maximum absolute atomic E-state index is 11.6. The van der Waals surface area contributed by atoms with Crippen molar-refractivity contribution < 1.29 is 8.42 Å². The highest BCUT2D eigenvalue weighted by Gasteiger charge is 2.34. The Morgan fingerprint density at radius 1 is 1.50 bits per heavy atom. The summed E-state index contributed by atoms with van der Waals surface area (Å²) in [6, 6.07) is 2.10. The lowest BCUT2D eigenvalue weighted by Crippen LogP contribution is -2.40. The standard InChI is InChI=1S/C12H21N3O2S/c1-15-9-7-10(14-15)6-8-13-11-4-3-5-12(11)18(2,16)17/h7,9,11-13H,3-6,8H2,1-2H3. The first-order valence-electron chi connectivity index (χ1n) is 6.37. The van der Waals surface area contributed by atoms with Gasteiger partial charge in [-0.05, 0) is 18.9 Å². The number of rotatable bonds is 5. The quantitative estimate of drug-likeness (QED) is 0.848. The molecule has 2 unspecified atom stereocenters. The molecule has 0 amide bonds. The van der Waals surface area contributed by atoms with Gasteiger partial charge in [-0.15, -0.1) is 0 Å². The second-order valence-electron chi connectivity index (χ2n) is 5.09. The van der Waals surface area contributed by atoms with Crippen LogP contribution in [0.25, 0.3) is 0 Å². The maximum atomic E-state index is 11.6. The van der Waals surface area contributed by atoms with Crippen molar-refractivity contribution in [2.75, 3.05) is 12.8 Å². The Bertz CT molecular complexity index is 495. The van der Waals surface area contributed by atoms with E-state index in [0.29, 0.717) is 0 Å². The molecule has 0 aromatic carbocycles. The fourth-order valence-corrected chi connectivity index (χ4v) is 4.08. The normalized spacial score (nSPS) is 24.6. The molecule has 1 aliphatic rings. The van der Waals surface area contributed by atoms with Gasteiger partial charge in [0.2, 0.25) is 0 Å². The fraction of sp³-hybridized carbons (Fsp3) is 0.750. The van der Waals surface area contributed by atoms with Crippen LogP contribution in [-0.4, -0.2) is 42.3 Å². The van der Waals surface area contributed by atoms with Crippen LogP contribution >= 0.6 is 0 Å². The van der Waals surface area contributed by atoms with Gasteiger partial charge in [0.1, 0.15) is 0 Å². The molecule has 2 atom stereocenters. The van der Waals surface area contributed by atoms with Gasteiger partial charge in [-0.2, -0.15) is 5.10 Å². The summed E-state index contributed by atoms with van der Waals surface area (Å²) in [5, 5.41) is 7.46. The lowest BCUT2D eigenvalue weighted by molar-refractivity contribution is 0.508. The third-order valence-corrected chi connectivity index (χ3v) is 5.22. The predicted molar refractivity (Wildman–Crippen MR) is 71.2 cm³/mol. The van der Waals surface area contributed by atoms with Crippen LogP contribution in [0.1, 0.15) is 25.0 Å². The van der Waals surface area contributed by atoms with Gasteiger partial charge in [0.25, 0.3) is 0 Å². The van der Waals surface area contributed by atoms with E-state index in [-0.39, 0.29) is 11.3 Å². The highest BCUT2D eigenvalue weighted by atomic mass is 32.2. The zero-order valence-corrected chi connectivity index (χ0v) is 11.8. The Labute approximate surface area is 108 Å². The number of sulfone groups is 1. The topological polar surface area (TPSA) is 64.0 Å². The molecular formula is C12H21N3O2S. The Kier molecular flexibility index (Phi) is 4.07. The van der Waals surface area contributed by atoms with Crippen LogP contribution in [0, 0.1) is 0 Å². The Morgan fingerprint density at radius 2 is 2.28 bits per heavy atom. The van der Waals surface area contributed by atoms with Gasteiger partial charge in [-0.1, -0.05) is 6.42 Å². The van der Waals surface area contributed by atoms with Crippen LogP contribution in [0.2, 0.25) is 0 Å². The average molecular weight is 271 g/mol. The van der Waals surface area contributed by atoms with Gasteiger partial charge >= 0.3 is 0 Å². The van der Waals surface area contributed by atoms with Crippen LogP contribution in [0.3, 0.4) is 0 Å². The molecule has 0 aliphatic heterocycles. The maximum Gasteiger partial charge on any atom is 0.151 e. The van der Waals surface area contributed by atoms with E-state index in [0.717, 1.165) is 37.9 Å². The number of hydrogen-bond acceptors (Lipinski definition) is 4. The van der Waals surface area contributed by atoms with Crippen molar-refractivity contribution >= 4 is 9.84 Å². The zero-order valence-electron chi connectivity index (χ0n) is 11.0. The smallest absolute Gasteiger partial charge is 0.151 e. The summed E-state index contributed by atoms with van der Waals surface area (Å²) in [4.78, 5) is 0. The summed E-state index contributed by atoms with van der Waals surface area (Å²) in [6.07, 6.45) is 6.85. The number of aromatic nitrogens is 2. The molecule has 18 heavy (non-hydrogen) atoms. The van der Waals surface area contributed by atoms with E-state index in [1.54, 1.807) is 4.68 Å². The molecule has 0 spiro atoms. The van der Waals surface area contributed by atoms with Crippen LogP contribution in [0.4, 0.5) is 0 Å². The van der Waals surface area contributed by atoms with Gasteiger partial charge in [0, 0.05) is 38.5 Å². The summed E-state index contributed by atoms with van der Waals surface area (Å²) in [5.74, 6) is 0. The molecular weight excluding hydrogens is 250 g/mol. The van der Waals surface area contributed by atoms with Gasteiger partial charge in [-0.25, -0.2) is 8.42 Å². The van der Waals surface area contributed by atoms with Crippen molar-refractivity contribution in [3.63, 3.8) is 0 Å². The van der Waals surface area contributed by atoms with Crippen molar-refractivity contribution in [2.45, 2.75) is 37.0 Å². The van der Waals surface area contributed by atoms with Crippen LogP contribution in [0.5, 0.6) is 0 Å². The van der Waals surface area contributed by atoms with Crippen molar-refractivity contribution in [2.24, 2.45) is 7.05 Å². The van der Waals surface area contributed by atoms with E-state index in [9.17, 15) is 8.42 Å². The van der Waals surface area contributed by atoms with Crippen molar-refractivity contribution in [3.8, 4) is 0 Å². The Hall–Kier alpha value is -0.880. The van der Waals surface area contributed by atoms with Crippen LogP contribution < -0.4 is 5.32 Å². The molecule has 1 aromatic rings. The molecule has 0 radical (unpaired) electrons. The second-order valence-corrected chi connectivity index (χ2v) is 7.35. The molecule has 0 bridgehead atoms. The van der Waals surface area contributed by atoms with Crippen molar-refractivity contribution in [3.05, 3.63) is 18.0 Å². The predicted octanol–water partition coefficient (Wildman–Crippen LogP) is 0.518. The number of nitrogens with zero attached hydrogens (tertiary/aromatic N) is 2. The third-order valence-electron chi connectivity index (χ3n) is 3.56. The number of hydrogen-bond donors (Lipinski definition) is 1. The molecule has 1 N–H and O–H groups in total. The average Bonchev–Trinajstić information content (AvgIpc) is 2.86. The number of aryl methyl sites for hydroxylation is 1. The van der Waals surface area contributed by atoms with Crippen molar-refractivity contribution in [1.29, 1.82) is 0 Å². The Balaban J connectivity index is 1.83. The van der Waals surface area contributed by atoms with Crippen molar-refractivity contribution in [1.82, 2.24) is 15.1 Å². The highest BCUT2D eigenvalue weighted by Crippen LogP contribution is 2.24. The van der Waals surface area contributed by atoms with Gasteiger partial charge in [-0.3, -0.25) is 4.68 Å². The van der Waals surface area contributed by atoms with Gasteiger partial charge < -0.3 is 5.32 Å². The fourth-order valence-electron chi connectivity index (χ4n) is 2.65. The molecule has 1 fully saturated rings. The molecule has 102 valence electrons. The minimum Gasteiger partial charge on any atom is -0.312 e. The molecule has 2 rings (SSSR count). The first-order valence-corrected chi connectivity index (χ1v) is 8.33. The monoisotopic (exact) mass is 271 g/mol. The first-order chi connectivity index (χ1) is 8.47. The summed E-state index contributed by atoms with van der Waals surface area (Å²) in [6.45, 7) is 0.785. The van der Waals surface area contributed by atoms with Crippen LogP contribution in [-0.2, 0) is 23.3 Å². The minimum atomic E-state index is -2.92. The minimum absolute atomic E-state index is 0.115. The largest absolute Gasteiger partial charge is 0.312 e. The molecule has 1 heterocycles. The summed E-state index contributed by atoms with van der Waals surface area (Å²) in [7, 11) is -1.03. The molecule has 1 aliphatic carbocycles. The number of nitrogens with one attached hydrogen (secondary N) is 1. The van der Waals surface area contributed by atoms with E-state index in [1.165, 1.54) is 6.26 Å². The van der Waals surface area contributed by atoms with E-state index in [4.69, 9.17) is 0 Å². The SMILES string of the molecule is Cn1ccc(CCNC2CCCC2S(C)(=O)=O)n1. The van der Waals surface area contributed by atoms with E-state index in [2.05, 4.69) is 10.4 Å².